The third kappa shape index (κ3) is 4.13. The maximum atomic E-state index is 13.1. The first-order valence-electron chi connectivity index (χ1n) is 9.95. The SMILES string of the molecule is CC(C1CC1)N(Cc1ccccc1)C(=O)CCN1C(=O)c2ccc(Br)cc2C1=O. The first-order chi connectivity index (χ1) is 14.0. The van der Waals surface area contributed by atoms with Crippen molar-refractivity contribution in [3.05, 3.63) is 69.7 Å². The Balaban J connectivity index is 1.45. The quantitative estimate of drug-likeness (QED) is 0.587. The van der Waals surface area contributed by atoms with Gasteiger partial charge in [-0.25, -0.2) is 0 Å². The van der Waals surface area contributed by atoms with Crippen LogP contribution in [0.25, 0.3) is 0 Å². The van der Waals surface area contributed by atoms with Gasteiger partial charge in [0.05, 0.1) is 11.1 Å². The fourth-order valence-electron chi connectivity index (χ4n) is 3.89. The highest BCUT2D eigenvalue weighted by molar-refractivity contribution is 9.10. The van der Waals surface area contributed by atoms with Crippen LogP contribution in [0.15, 0.2) is 53.0 Å². The molecule has 1 fully saturated rings. The highest BCUT2D eigenvalue weighted by Crippen LogP contribution is 2.36. The number of hydrogen-bond acceptors (Lipinski definition) is 3. The van der Waals surface area contributed by atoms with E-state index in [0.717, 1.165) is 22.9 Å². The van der Waals surface area contributed by atoms with E-state index in [2.05, 4.69) is 22.9 Å². The molecule has 0 spiro atoms. The average Bonchev–Trinajstić information content (AvgIpc) is 3.54. The number of carbonyl (C=O) groups excluding carboxylic acids is 3. The van der Waals surface area contributed by atoms with Crippen molar-refractivity contribution in [2.45, 2.75) is 38.8 Å². The van der Waals surface area contributed by atoms with Gasteiger partial charge in [-0.3, -0.25) is 19.3 Å². The molecule has 0 bridgehead atoms. The molecule has 0 radical (unpaired) electrons. The minimum atomic E-state index is -0.330. The molecule has 3 amide bonds. The summed E-state index contributed by atoms with van der Waals surface area (Å²) < 4.78 is 0.752. The lowest BCUT2D eigenvalue weighted by atomic mass is 10.1. The van der Waals surface area contributed by atoms with Gasteiger partial charge in [0.2, 0.25) is 5.91 Å². The van der Waals surface area contributed by atoms with E-state index in [1.807, 2.05) is 35.2 Å². The van der Waals surface area contributed by atoms with E-state index < -0.39 is 0 Å². The zero-order valence-electron chi connectivity index (χ0n) is 16.3. The molecule has 1 atom stereocenters. The number of rotatable bonds is 7. The molecule has 4 rings (SSSR count). The number of hydrogen-bond donors (Lipinski definition) is 0. The first kappa shape index (κ1) is 19.8. The number of carbonyl (C=O) groups is 3. The Hall–Kier alpha value is -2.47. The lowest BCUT2D eigenvalue weighted by Crippen LogP contribution is -2.41. The van der Waals surface area contributed by atoms with E-state index in [0.29, 0.717) is 23.6 Å². The smallest absolute Gasteiger partial charge is 0.261 e. The molecule has 2 aliphatic rings. The monoisotopic (exact) mass is 454 g/mol. The Labute approximate surface area is 178 Å². The van der Waals surface area contributed by atoms with Gasteiger partial charge in [0.15, 0.2) is 0 Å². The Morgan fingerprint density at radius 3 is 2.48 bits per heavy atom. The second-order valence-electron chi connectivity index (χ2n) is 7.79. The third-order valence-corrected chi connectivity index (χ3v) is 6.29. The molecule has 6 heteroatoms. The van der Waals surface area contributed by atoms with Gasteiger partial charge in [0.25, 0.3) is 11.8 Å². The molecule has 0 N–H and O–H groups in total. The Kier molecular flexibility index (Phi) is 5.54. The second kappa shape index (κ2) is 8.11. The van der Waals surface area contributed by atoms with Gasteiger partial charge in [-0.15, -0.1) is 0 Å². The van der Waals surface area contributed by atoms with Crippen molar-refractivity contribution in [1.29, 1.82) is 0 Å². The Morgan fingerprint density at radius 1 is 1.10 bits per heavy atom. The molecule has 150 valence electrons. The normalized spacial score (nSPS) is 16.7. The summed E-state index contributed by atoms with van der Waals surface area (Å²) in [5.41, 5.74) is 1.88. The molecule has 1 heterocycles. The van der Waals surface area contributed by atoms with Crippen molar-refractivity contribution >= 4 is 33.7 Å². The number of nitrogens with zero attached hydrogens (tertiary/aromatic N) is 2. The summed E-state index contributed by atoms with van der Waals surface area (Å²) in [5.74, 6) is -0.135. The molecule has 5 nitrogen and oxygen atoms in total. The Bertz CT molecular complexity index is 956. The van der Waals surface area contributed by atoms with Gasteiger partial charge >= 0.3 is 0 Å². The van der Waals surface area contributed by atoms with Crippen LogP contribution in [0.4, 0.5) is 0 Å². The molecule has 0 aromatic heterocycles. The van der Waals surface area contributed by atoms with E-state index >= 15 is 0 Å². The summed E-state index contributed by atoms with van der Waals surface area (Å²) in [6.07, 6.45) is 2.43. The van der Waals surface area contributed by atoms with E-state index in [-0.39, 0.29) is 36.7 Å². The summed E-state index contributed by atoms with van der Waals surface area (Å²) in [4.78, 5) is 41.4. The molecule has 2 aromatic carbocycles. The lowest BCUT2D eigenvalue weighted by Gasteiger charge is -2.30. The van der Waals surface area contributed by atoms with Gasteiger partial charge in [0, 0.05) is 30.0 Å². The molecule has 1 aliphatic carbocycles. The minimum absolute atomic E-state index is 0.0222. The van der Waals surface area contributed by atoms with Crippen molar-refractivity contribution in [3.63, 3.8) is 0 Å². The maximum absolute atomic E-state index is 13.1. The highest BCUT2D eigenvalue weighted by atomic mass is 79.9. The summed E-state index contributed by atoms with van der Waals surface area (Å²) in [6.45, 7) is 2.75. The fourth-order valence-corrected chi connectivity index (χ4v) is 4.25. The van der Waals surface area contributed by atoms with Gasteiger partial charge < -0.3 is 4.90 Å². The van der Waals surface area contributed by atoms with Crippen LogP contribution < -0.4 is 0 Å². The third-order valence-electron chi connectivity index (χ3n) is 5.79. The number of halogens is 1. The fraction of sp³-hybridized carbons (Fsp3) is 0.348. The molecule has 1 unspecified atom stereocenters. The summed E-state index contributed by atoms with van der Waals surface area (Å²) in [6, 6.07) is 15.1. The number of imide groups is 1. The predicted octanol–water partition coefficient (Wildman–Crippen LogP) is 4.26. The van der Waals surface area contributed by atoms with Crippen molar-refractivity contribution in [2.24, 2.45) is 5.92 Å². The molecule has 1 saturated carbocycles. The van der Waals surface area contributed by atoms with Crippen LogP contribution in [-0.2, 0) is 11.3 Å². The lowest BCUT2D eigenvalue weighted by molar-refractivity contribution is -0.134. The van der Waals surface area contributed by atoms with E-state index in [9.17, 15) is 14.4 Å². The Morgan fingerprint density at radius 2 is 1.79 bits per heavy atom. The predicted molar refractivity (Wildman–Crippen MR) is 113 cm³/mol. The first-order valence-corrected chi connectivity index (χ1v) is 10.7. The van der Waals surface area contributed by atoms with Gasteiger partial charge in [0.1, 0.15) is 0 Å². The van der Waals surface area contributed by atoms with Gasteiger partial charge in [-0.2, -0.15) is 0 Å². The summed E-state index contributed by atoms with van der Waals surface area (Å²) in [5, 5.41) is 0. The summed E-state index contributed by atoms with van der Waals surface area (Å²) >= 11 is 3.34. The maximum Gasteiger partial charge on any atom is 0.261 e. The van der Waals surface area contributed by atoms with E-state index in [4.69, 9.17) is 0 Å². The van der Waals surface area contributed by atoms with Crippen LogP contribution in [-0.4, -0.2) is 40.1 Å². The standard InChI is InChI=1S/C23H23BrN2O3/c1-15(17-7-8-17)26(14-16-5-3-2-4-6-16)21(27)11-12-25-22(28)19-10-9-18(24)13-20(19)23(25)29/h2-6,9-10,13,15,17H,7-8,11-12,14H2,1H3. The minimum Gasteiger partial charge on any atom is -0.335 e. The highest BCUT2D eigenvalue weighted by Gasteiger charge is 2.37. The van der Waals surface area contributed by atoms with Crippen molar-refractivity contribution in [2.75, 3.05) is 6.54 Å². The van der Waals surface area contributed by atoms with Crippen LogP contribution in [0.2, 0.25) is 0 Å². The number of fused-ring (bicyclic) bond motifs is 1. The van der Waals surface area contributed by atoms with Crippen molar-refractivity contribution in [1.82, 2.24) is 9.80 Å². The van der Waals surface area contributed by atoms with Crippen LogP contribution in [0, 0.1) is 5.92 Å². The van der Waals surface area contributed by atoms with Crippen LogP contribution >= 0.6 is 15.9 Å². The molecule has 29 heavy (non-hydrogen) atoms. The zero-order chi connectivity index (χ0) is 20.5. The number of amides is 3. The molecule has 2 aromatic rings. The average molecular weight is 455 g/mol. The van der Waals surface area contributed by atoms with E-state index in [1.54, 1.807) is 18.2 Å². The van der Waals surface area contributed by atoms with E-state index in [1.165, 1.54) is 4.90 Å². The van der Waals surface area contributed by atoms with Crippen LogP contribution in [0.1, 0.15) is 52.5 Å². The van der Waals surface area contributed by atoms with Crippen molar-refractivity contribution < 1.29 is 14.4 Å². The van der Waals surface area contributed by atoms with Crippen LogP contribution in [0.5, 0.6) is 0 Å². The van der Waals surface area contributed by atoms with Crippen molar-refractivity contribution in [3.8, 4) is 0 Å². The molecular weight excluding hydrogens is 432 g/mol. The zero-order valence-corrected chi connectivity index (χ0v) is 17.9. The molecule has 0 saturated heterocycles. The number of benzene rings is 2. The largest absolute Gasteiger partial charge is 0.335 e. The summed E-state index contributed by atoms with van der Waals surface area (Å²) in [7, 11) is 0. The van der Waals surface area contributed by atoms with Gasteiger partial charge in [-0.05, 0) is 49.4 Å². The van der Waals surface area contributed by atoms with Gasteiger partial charge in [-0.1, -0.05) is 46.3 Å². The van der Waals surface area contributed by atoms with Crippen LogP contribution in [0.3, 0.4) is 0 Å². The second-order valence-corrected chi connectivity index (χ2v) is 8.70. The topological polar surface area (TPSA) is 57.7 Å². The molecular formula is C23H23BrN2O3. The molecule has 1 aliphatic heterocycles.